The molecule has 0 bridgehead atoms. The summed E-state index contributed by atoms with van der Waals surface area (Å²) < 4.78 is 6.75. The van der Waals surface area contributed by atoms with Gasteiger partial charge in [0.2, 0.25) is 0 Å². The van der Waals surface area contributed by atoms with Gasteiger partial charge in [-0.2, -0.15) is 0 Å². The van der Waals surface area contributed by atoms with Crippen molar-refractivity contribution in [2.45, 2.75) is 33.3 Å². The van der Waals surface area contributed by atoms with Crippen LogP contribution in [0.2, 0.25) is 0 Å². The molecular weight excluding hydrogens is 216 g/mol. The molecule has 4 nitrogen and oxygen atoms in total. The molecule has 0 atom stereocenters. The third kappa shape index (κ3) is 2.46. The fourth-order valence-corrected chi connectivity index (χ4v) is 1.57. The highest BCUT2D eigenvalue weighted by molar-refractivity contribution is 5.86. The van der Waals surface area contributed by atoms with Gasteiger partial charge < -0.3 is 4.74 Å². The molecular formula is C13H16N2O2. The van der Waals surface area contributed by atoms with Gasteiger partial charge in [0.05, 0.1) is 11.0 Å². The van der Waals surface area contributed by atoms with Crippen LogP contribution in [0, 0.1) is 6.92 Å². The summed E-state index contributed by atoms with van der Waals surface area (Å²) in [4.78, 5) is 16.1. The normalized spacial score (nSPS) is 11.8. The molecule has 2 rings (SSSR count). The van der Waals surface area contributed by atoms with Crippen LogP contribution in [0.15, 0.2) is 24.5 Å². The first-order valence-electron chi connectivity index (χ1n) is 5.54. The van der Waals surface area contributed by atoms with Crippen LogP contribution in [0.1, 0.15) is 26.3 Å². The summed E-state index contributed by atoms with van der Waals surface area (Å²) in [6.07, 6.45) is 1.10. The van der Waals surface area contributed by atoms with Crippen molar-refractivity contribution in [1.29, 1.82) is 0 Å². The molecule has 0 amide bonds. The van der Waals surface area contributed by atoms with E-state index >= 15 is 0 Å². The summed E-state index contributed by atoms with van der Waals surface area (Å²) in [7, 11) is 0. The van der Waals surface area contributed by atoms with Crippen molar-refractivity contribution in [3.8, 4) is 0 Å². The minimum absolute atomic E-state index is 0.398. The number of carbonyl (C=O) groups is 1. The number of rotatable bonds is 0. The Labute approximate surface area is 100 Å². The van der Waals surface area contributed by atoms with Gasteiger partial charge in [0.15, 0.2) is 0 Å². The summed E-state index contributed by atoms with van der Waals surface area (Å²) in [6, 6.07) is 5.78. The van der Waals surface area contributed by atoms with Gasteiger partial charge in [-0.15, -0.1) is 0 Å². The van der Waals surface area contributed by atoms with Crippen molar-refractivity contribution < 1.29 is 9.53 Å². The van der Waals surface area contributed by atoms with Crippen molar-refractivity contribution >= 4 is 17.1 Å². The number of imidazole rings is 1. The van der Waals surface area contributed by atoms with Crippen LogP contribution in [0.4, 0.5) is 4.79 Å². The summed E-state index contributed by atoms with van der Waals surface area (Å²) in [5, 5.41) is 0. The Hall–Kier alpha value is -1.84. The second-order valence-electron chi connectivity index (χ2n) is 5.09. The number of hydrogen-bond acceptors (Lipinski definition) is 3. The summed E-state index contributed by atoms with van der Waals surface area (Å²) in [5.41, 5.74) is 2.15. The maximum absolute atomic E-state index is 11.9. The van der Waals surface area contributed by atoms with Crippen molar-refractivity contribution in [3.05, 3.63) is 30.1 Å². The standard InChI is InChI=1S/C13H16N2O2/c1-9-5-6-10-11(7-9)15(8-14-10)12(16)17-13(2,3)4/h5-8H,1-4H3. The van der Waals surface area contributed by atoms with Gasteiger partial charge in [-0.1, -0.05) is 6.07 Å². The fourth-order valence-electron chi connectivity index (χ4n) is 1.57. The smallest absolute Gasteiger partial charge is 0.420 e. The van der Waals surface area contributed by atoms with Gasteiger partial charge in [-0.3, -0.25) is 0 Å². The SMILES string of the molecule is Cc1ccc2ncn(C(=O)OC(C)(C)C)c2c1. The molecule has 0 fully saturated rings. The number of fused-ring (bicyclic) bond motifs is 1. The molecule has 0 radical (unpaired) electrons. The van der Waals surface area contributed by atoms with Crippen LogP contribution >= 0.6 is 0 Å². The number of ether oxygens (including phenoxy) is 1. The first-order valence-corrected chi connectivity index (χ1v) is 5.54. The van der Waals surface area contributed by atoms with Crippen LogP contribution in [0.3, 0.4) is 0 Å². The molecule has 90 valence electrons. The molecule has 0 aliphatic rings. The van der Waals surface area contributed by atoms with E-state index in [1.807, 2.05) is 45.9 Å². The molecule has 0 unspecified atom stereocenters. The van der Waals surface area contributed by atoms with Gasteiger partial charge in [0.25, 0.3) is 0 Å². The number of nitrogens with zero attached hydrogens (tertiary/aromatic N) is 2. The van der Waals surface area contributed by atoms with Gasteiger partial charge in [-0.05, 0) is 45.4 Å². The van der Waals surface area contributed by atoms with Crippen LogP contribution in [0.5, 0.6) is 0 Å². The number of carbonyl (C=O) groups excluding carboxylic acids is 1. The molecule has 1 heterocycles. The third-order valence-corrected chi connectivity index (χ3v) is 2.29. The van der Waals surface area contributed by atoms with Crippen molar-refractivity contribution in [1.82, 2.24) is 9.55 Å². The average Bonchev–Trinajstić information content (AvgIpc) is 2.57. The number of hydrogen-bond donors (Lipinski definition) is 0. The van der Waals surface area contributed by atoms with E-state index in [0.29, 0.717) is 0 Å². The highest BCUT2D eigenvalue weighted by Crippen LogP contribution is 2.17. The first-order chi connectivity index (χ1) is 7.87. The zero-order valence-electron chi connectivity index (χ0n) is 10.5. The molecule has 17 heavy (non-hydrogen) atoms. The first kappa shape index (κ1) is 11.6. The molecule has 1 aromatic carbocycles. The van der Waals surface area contributed by atoms with Gasteiger partial charge in [-0.25, -0.2) is 14.3 Å². The van der Waals surface area contributed by atoms with Crippen LogP contribution < -0.4 is 0 Å². The Bertz CT molecular complexity index is 564. The predicted octanol–water partition coefficient (Wildman–Crippen LogP) is 3.13. The molecule has 0 aliphatic heterocycles. The lowest BCUT2D eigenvalue weighted by Crippen LogP contribution is -2.26. The second kappa shape index (κ2) is 3.87. The van der Waals surface area contributed by atoms with Gasteiger partial charge >= 0.3 is 6.09 Å². The second-order valence-corrected chi connectivity index (χ2v) is 5.09. The molecule has 0 saturated carbocycles. The summed E-state index contributed by atoms with van der Waals surface area (Å²) >= 11 is 0. The van der Waals surface area contributed by atoms with E-state index in [9.17, 15) is 4.79 Å². The monoisotopic (exact) mass is 232 g/mol. The average molecular weight is 232 g/mol. The highest BCUT2D eigenvalue weighted by atomic mass is 16.6. The molecule has 4 heteroatoms. The minimum atomic E-state index is -0.502. The largest absolute Gasteiger partial charge is 0.443 e. The molecule has 0 spiro atoms. The van der Waals surface area contributed by atoms with E-state index < -0.39 is 11.7 Å². The maximum Gasteiger partial charge on any atom is 0.420 e. The van der Waals surface area contributed by atoms with Gasteiger partial charge in [0.1, 0.15) is 11.9 Å². The summed E-state index contributed by atoms with van der Waals surface area (Å²) in [5.74, 6) is 0. The Morgan fingerprint density at radius 1 is 1.35 bits per heavy atom. The van der Waals surface area contributed by atoms with E-state index in [0.717, 1.165) is 16.6 Å². The number of benzene rings is 1. The van der Waals surface area contributed by atoms with Crippen LogP contribution in [-0.4, -0.2) is 21.2 Å². The van der Waals surface area contributed by atoms with Crippen molar-refractivity contribution in [2.75, 3.05) is 0 Å². The number of aromatic nitrogens is 2. The van der Waals surface area contributed by atoms with E-state index in [-0.39, 0.29) is 0 Å². The fraction of sp³-hybridized carbons (Fsp3) is 0.385. The van der Waals surface area contributed by atoms with E-state index in [1.54, 1.807) is 0 Å². The van der Waals surface area contributed by atoms with E-state index in [2.05, 4.69) is 4.98 Å². The third-order valence-electron chi connectivity index (χ3n) is 2.29. The van der Waals surface area contributed by atoms with Crippen LogP contribution in [-0.2, 0) is 4.74 Å². The van der Waals surface area contributed by atoms with Crippen molar-refractivity contribution in [2.24, 2.45) is 0 Å². The Morgan fingerprint density at radius 3 is 2.71 bits per heavy atom. The topological polar surface area (TPSA) is 44.1 Å². The number of aryl methyl sites for hydroxylation is 1. The molecule has 1 aromatic heterocycles. The zero-order chi connectivity index (χ0) is 12.6. The Morgan fingerprint density at radius 2 is 2.06 bits per heavy atom. The Balaban J connectivity index is 2.42. The van der Waals surface area contributed by atoms with Crippen LogP contribution in [0.25, 0.3) is 11.0 Å². The lowest BCUT2D eigenvalue weighted by molar-refractivity contribution is 0.0543. The lowest BCUT2D eigenvalue weighted by Gasteiger charge is -2.19. The summed E-state index contributed by atoms with van der Waals surface area (Å²) in [6.45, 7) is 7.51. The van der Waals surface area contributed by atoms with E-state index in [1.165, 1.54) is 10.9 Å². The van der Waals surface area contributed by atoms with Gasteiger partial charge in [0, 0.05) is 0 Å². The molecule has 0 N–H and O–H groups in total. The van der Waals surface area contributed by atoms with E-state index in [4.69, 9.17) is 4.74 Å². The Kier molecular flexibility index (Phi) is 2.65. The quantitative estimate of drug-likeness (QED) is 0.701. The molecule has 2 aromatic rings. The maximum atomic E-state index is 11.9. The minimum Gasteiger partial charge on any atom is -0.443 e. The molecule has 0 aliphatic carbocycles. The predicted molar refractivity (Wildman–Crippen MR) is 66.1 cm³/mol. The zero-order valence-corrected chi connectivity index (χ0v) is 10.5. The molecule has 0 saturated heterocycles. The lowest BCUT2D eigenvalue weighted by atomic mass is 10.2. The highest BCUT2D eigenvalue weighted by Gasteiger charge is 2.19. The van der Waals surface area contributed by atoms with Crippen molar-refractivity contribution in [3.63, 3.8) is 0 Å².